The summed E-state index contributed by atoms with van der Waals surface area (Å²) in [7, 11) is 0. The lowest BCUT2D eigenvalue weighted by Gasteiger charge is -2.19. The Morgan fingerprint density at radius 1 is 0.526 bits per heavy atom. The fourth-order valence-electron chi connectivity index (χ4n) is 5.18. The van der Waals surface area contributed by atoms with Gasteiger partial charge in [-0.05, 0) is 30.3 Å². The van der Waals surface area contributed by atoms with E-state index >= 15 is 0 Å². The van der Waals surface area contributed by atoms with Crippen LogP contribution >= 0.6 is 11.8 Å². The average Bonchev–Trinajstić information content (AvgIpc) is 3.33. The van der Waals surface area contributed by atoms with E-state index in [1.807, 2.05) is 73.1 Å². The molecule has 1 aliphatic heterocycles. The van der Waals surface area contributed by atoms with Gasteiger partial charge in [-0.1, -0.05) is 84.6 Å². The van der Waals surface area contributed by atoms with Crippen molar-refractivity contribution in [3.8, 4) is 39.9 Å². The summed E-state index contributed by atoms with van der Waals surface area (Å²) >= 11 is 1.77. The predicted molar refractivity (Wildman–Crippen MR) is 152 cm³/mol. The van der Waals surface area contributed by atoms with Gasteiger partial charge in [0.15, 0.2) is 17.5 Å². The number of fused-ring (bicyclic) bond motifs is 5. The Balaban J connectivity index is 1.38. The highest BCUT2D eigenvalue weighted by atomic mass is 32.2. The molecule has 38 heavy (non-hydrogen) atoms. The lowest BCUT2D eigenvalue weighted by molar-refractivity contribution is 1.07. The van der Waals surface area contributed by atoms with Gasteiger partial charge in [0.25, 0.3) is 0 Å². The summed E-state index contributed by atoms with van der Waals surface area (Å²) in [5.41, 5.74) is 6.40. The van der Waals surface area contributed by atoms with Crippen LogP contribution in [-0.2, 0) is 0 Å². The molecule has 6 heteroatoms. The molecule has 0 bridgehead atoms. The molecule has 3 aromatic heterocycles. The van der Waals surface area contributed by atoms with Gasteiger partial charge in [0.2, 0.25) is 0 Å². The summed E-state index contributed by atoms with van der Waals surface area (Å²) in [6.07, 6.45) is 3.93. The molecule has 0 amide bonds. The van der Waals surface area contributed by atoms with Crippen molar-refractivity contribution < 1.29 is 0 Å². The normalized spacial score (nSPS) is 12.1. The third kappa shape index (κ3) is 3.27. The third-order valence-electron chi connectivity index (χ3n) is 6.92. The van der Waals surface area contributed by atoms with Gasteiger partial charge in [0.05, 0.1) is 21.6 Å². The van der Waals surface area contributed by atoms with Crippen molar-refractivity contribution in [2.75, 3.05) is 0 Å². The molecule has 7 aromatic rings. The molecule has 4 aromatic carbocycles. The Morgan fingerprint density at radius 2 is 1.16 bits per heavy atom. The van der Waals surface area contributed by atoms with Crippen molar-refractivity contribution in [1.82, 2.24) is 24.5 Å². The molecule has 1 aliphatic rings. The zero-order valence-electron chi connectivity index (χ0n) is 20.1. The second-order valence-corrected chi connectivity index (χ2v) is 10.3. The topological polar surface area (TPSA) is 56.5 Å². The molecule has 0 atom stereocenters. The minimum Gasteiger partial charge on any atom is -0.307 e. The minimum absolute atomic E-state index is 0.647. The number of benzene rings is 4. The van der Waals surface area contributed by atoms with E-state index in [4.69, 9.17) is 15.0 Å². The van der Waals surface area contributed by atoms with E-state index in [2.05, 4.69) is 52.0 Å². The Labute approximate surface area is 222 Å². The average molecular weight is 506 g/mol. The van der Waals surface area contributed by atoms with E-state index in [0.29, 0.717) is 17.5 Å². The van der Waals surface area contributed by atoms with Crippen molar-refractivity contribution in [3.63, 3.8) is 0 Å². The first-order chi connectivity index (χ1) is 18.8. The minimum atomic E-state index is 0.647. The van der Waals surface area contributed by atoms with Crippen molar-refractivity contribution in [3.05, 3.63) is 116 Å². The molecule has 4 heterocycles. The zero-order chi connectivity index (χ0) is 25.1. The molecule has 0 radical (unpaired) electrons. The number of hydrogen-bond donors (Lipinski definition) is 0. The maximum atomic E-state index is 4.93. The molecule has 0 saturated heterocycles. The van der Waals surface area contributed by atoms with E-state index < -0.39 is 0 Å². The van der Waals surface area contributed by atoms with Crippen molar-refractivity contribution in [2.24, 2.45) is 0 Å². The van der Waals surface area contributed by atoms with Gasteiger partial charge in [-0.2, -0.15) is 0 Å². The van der Waals surface area contributed by atoms with Gasteiger partial charge in [-0.25, -0.2) is 15.0 Å². The molecular formula is C32H19N5S. The summed E-state index contributed by atoms with van der Waals surface area (Å²) in [6, 6.07) is 35.1. The Bertz CT molecular complexity index is 1940. The van der Waals surface area contributed by atoms with Gasteiger partial charge in [-0.15, -0.1) is 0 Å². The van der Waals surface area contributed by atoms with Gasteiger partial charge < -0.3 is 4.57 Å². The molecule has 5 nitrogen and oxygen atoms in total. The van der Waals surface area contributed by atoms with E-state index in [1.54, 1.807) is 11.8 Å². The molecular weight excluding hydrogens is 486 g/mol. The summed E-state index contributed by atoms with van der Waals surface area (Å²) in [5.74, 6) is 1.96. The van der Waals surface area contributed by atoms with E-state index in [0.717, 1.165) is 37.9 Å². The molecule has 178 valence electrons. The quantitative estimate of drug-likeness (QED) is 0.245. The first-order valence-electron chi connectivity index (χ1n) is 12.4. The third-order valence-corrected chi connectivity index (χ3v) is 8.00. The monoisotopic (exact) mass is 505 g/mol. The van der Waals surface area contributed by atoms with E-state index in [9.17, 15) is 0 Å². The largest absolute Gasteiger partial charge is 0.307 e. The van der Waals surface area contributed by atoms with Crippen LogP contribution in [0.3, 0.4) is 0 Å². The van der Waals surface area contributed by atoms with Crippen LogP contribution in [0.1, 0.15) is 0 Å². The first-order valence-corrected chi connectivity index (χ1v) is 13.2. The number of hydrogen-bond acceptors (Lipinski definition) is 5. The van der Waals surface area contributed by atoms with Crippen LogP contribution in [0, 0.1) is 0 Å². The second kappa shape index (κ2) is 8.36. The first kappa shape index (κ1) is 21.3. The molecule has 0 saturated carbocycles. The highest BCUT2D eigenvalue weighted by Crippen LogP contribution is 2.46. The van der Waals surface area contributed by atoms with Crippen molar-refractivity contribution >= 4 is 33.6 Å². The Morgan fingerprint density at radius 3 is 1.87 bits per heavy atom. The van der Waals surface area contributed by atoms with Crippen LogP contribution in [-0.4, -0.2) is 24.5 Å². The molecule has 0 aliphatic carbocycles. The van der Waals surface area contributed by atoms with Crippen LogP contribution in [0.2, 0.25) is 0 Å². The Kier molecular flexibility index (Phi) is 4.69. The number of nitrogens with zero attached hydrogens (tertiary/aromatic N) is 5. The fourth-order valence-corrected chi connectivity index (χ4v) is 6.24. The van der Waals surface area contributed by atoms with Crippen molar-refractivity contribution in [2.45, 2.75) is 9.79 Å². The highest BCUT2D eigenvalue weighted by molar-refractivity contribution is 7.99. The summed E-state index contributed by atoms with van der Waals surface area (Å²) < 4.78 is 2.36. The van der Waals surface area contributed by atoms with Crippen LogP contribution in [0.25, 0.3) is 61.7 Å². The highest BCUT2D eigenvalue weighted by Gasteiger charge is 2.23. The van der Waals surface area contributed by atoms with Gasteiger partial charge in [-0.3, -0.25) is 4.98 Å². The van der Waals surface area contributed by atoms with Gasteiger partial charge in [0, 0.05) is 44.8 Å². The van der Waals surface area contributed by atoms with Gasteiger partial charge >= 0.3 is 0 Å². The molecule has 0 spiro atoms. The van der Waals surface area contributed by atoms with Crippen LogP contribution in [0.4, 0.5) is 0 Å². The van der Waals surface area contributed by atoms with E-state index in [-0.39, 0.29) is 0 Å². The number of pyridine rings is 1. The lowest BCUT2D eigenvalue weighted by atomic mass is 10.1. The fraction of sp³-hybridized carbons (Fsp3) is 0. The number of rotatable bonds is 3. The molecule has 0 fully saturated rings. The van der Waals surface area contributed by atoms with E-state index in [1.165, 1.54) is 16.1 Å². The maximum absolute atomic E-state index is 4.93. The van der Waals surface area contributed by atoms with Crippen LogP contribution < -0.4 is 0 Å². The van der Waals surface area contributed by atoms with Crippen molar-refractivity contribution in [1.29, 1.82) is 0 Å². The Hall–Kier alpha value is -4.81. The number of aromatic nitrogens is 5. The smallest absolute Gasteiger partial charge is 0.164 e. The molecule has 8 rings (SSSR count). The zero-order valence-corrected chi connectivity index (χ0v) is 20.9. The van der Waals surface area contributed by atoms with Crippen LogP contribution in [0.5, 0.6) is 0 Å². The summed E-state index contributed by atoms with van der Waals surface area (Å²) in [6.45, 7) is 0. The predicted octanol–water partition coefficient (Wildman–Crippen LogP) is 7.83. The molecule has 0 N–H and O–H groups in total. The summed E-state index contributed by atoms with van der Waals surface area (Å²) in [5, 5.41) is 2.26. The van der Waals surface area contributed by atoms with Gasteiger partial charge in [0.1, 0.15) is 0 Å². The summed E-state index contributed by atoms with van der Waals surface area (Å²) in [4.78, 5) is 21.7. The maximum Gasteiger partial charge on any atom is 0.164 e. The standard InChI is InChI=1S/C32H19N5S/c1-3-9-20(10-4-1)30-34-31(21-11-5-2-6-12-21)36-32(35-30)22-15-16-25-23(17-22)24-18-33-19-28-29(24)37(25)26-13-7-8-14-27(26)38-28/h1-19H. The van der Waals surface area contributed by atoms with Crippen LogP contribution in [0.15, 0.2) is 125 Å². The second-order valence-electron chi connectivity index (χ2n) is 9.21. The molecule has 0 unspecified atom stereocenters. The SMILES string of the molecule is c1ccc(-c2nc(-c3ccccc3)nc(-c3ccc4c(c3)c3cncc5c3n4-c3ccccc3S5)n2)cc1. The number of para-hydroxylation sites is 1. The lowest BCUT2D eigenvalue weighted by Crippen LogP contribution is -2.01.